The van der Waals surface area contributed by atoms with Gasteiger partial charge in [0.05, 0.1) is 31.4 Å². The van der Waals surface area contributed by atoms with Crippen LogP contribution in [0.25, 0.3) is 0 Å². The van der Waals surface area contributed by atoms with Crippen LogP contribution in [0.4, 0.5) is 4.39 Å². The molecular weight excluding hydrogens is 201 g/mol. The van der Waals surface area contributed by atoms with E-state index in [1.54, 1.807) is 0 Å². The lowest BCUT2D eigenvalue weighted by molar-refractivity contribution is -0.0408. The van der Waals surface area contributed by atoms with Crippen LogP contribution in [-0.4, -0.2) is 30.3 Å². The van der Waals surface area contributed by atoms with Gasteiger partial charge >= 0.3 is 0 Å². The molecule has 1 aliphatic rings. The maximum atomic E-state index is 13.1. The zero-order chi connectivity index (χ0) is 10.7. The summed E-state index contributed by atoms with van der Waals surface area (Å²) >= 11 is 0. The molecule has 0 amide bonds. The topological polar surface area (TPSA) is 48.4 Å². The van der Waals surface area contributed by atoms with Crippen LogP contribution in [0.3, 0.4) is 0 Å². The summed E-state index contributed by atoms with van der Waals surface area (Å²) < 4.78 is 23.4. The predicted octanol–water partition coefficient (Wildman–Crippen LogP) is 1.17. The Bertz CT molecular complexity index is 363. The number of hydrogen-bond acceptors (Lipinski definition) is 4. The van der Waals surface area contributed by atoms with Crippen LogP contribution >= 0.6 is 0 Å². The van der Waals surface area contributed by atoms with Gasteiger partial charge in [-0.25, -0.2) is 4.39 Å². The molecular formula is C10H10FNO3. The fourth-order valence-electron chi connectivity index (χ4n) is 1.39. The fraction of sp³-hybridized carbons (Fsp3) is 0.400. The Morgan fingerprint density at radius 3 is 2.93 bits per heavy atom. The average molecular weight is 211 g/mol. The molecule has 1 aromatic rings. The third-order valence-corrected chi connectivity index (χ3v) is 2.12. The van der Waals surface area contributed by atoms with Crippen molar-refractivity contribution >= 4 is 5.78 Å². The first-order valence-corrected chi connectivity index (χ1v) is 4.63. The number of carbonyl (C=O) groups excluding carboxylic acids is 1. The summed E-state index contributed by atoms with van der Waals surface area (Å²) in [5.41, 5.74) is 0.0316. The lowest BCUT2D eigenvalue weighted by Crippen LogP contribution is -2.15. The first-order valence-electron chi connectivity index (χ1n) is 4.63. The molecule has 15 heavy (non-hydrogen) atoms. The first kappa shape index (κ1) is 10.2. The predicted molar refractivity (Wildman–Crippen MR) is 48.8 cm³/mol. The molecule has 0 N–H and O–H groups in total. The molecule has 0 aliphatic carbocycles. The van der Waals surface area contributed by atoms with Crippen molar-refractivity contribution in [2.24, 2.45) is 0 Å². The van der Waals surface area contributed by atoms with Gasteiger partial charge in [0.15, 0.2) is 17.9 Å². The van der Waals surface area contributed by atoms with Gasteiger partial charge < -0.3 is 9.47 Å². The second kappa shape index (κ2) is 4.46. The highest BCUT2D eigenvalue weighted by Gasteiger charge is 2.22. The molecule has 1 saturated heterocycles. The molecule has 0 atom stereocenters. The molecule has 5 heteroatoms. The third kappa shape index (κ3) is 2.37. The molecule has 1 aromatic heterocycles. The number of Topliss-reactive ketones (excluding diaryl/α,β-unsaturated/α-hetero) is 1. The largest absolute Gasteiger partial charge is 0.350 e. The molecule has 0 saturated carbocycles. The molecule has 0 unspecified atom stereocenters. The molecule has 0 aromatic carbocycles. The second-order valence-electron chi connectivity index (χ2n) is 3.15. The smallest absolute Gasteiger partial charge is 0.170 e. The van der Waals surface area contributed by atoms with Gasteiger partial charge in [0, 0.05) is 6.20 Å². The summed E-state index contributed by atoms with van der Waals surface area (Å²) in [5, 5.41) is 0. The molecule has 1 aliphatic heterocycles. The van der Waals surface area contributed by atoms with Gasteiger partial charge in [-0.15, -0.1) is 0 Å². The van der Waals surface area contributed by atoms with Gasteiger partial charge in [-0.1, -0.05) is 0 Å². The van der Waals surface area contributed by atoms with Gasteiger partial charge in [-0.2, -0.15) is 0 Å². The van der Waals surface area contributed by atoms with Crippen LogP contribution < -0.4 is 0 Å². The number of aromatic nitrogens is 1. The normalized spacial score (nSPS) is 16.9. The Morgan fingerprint density at radius 2 is 2.27 bits per heavy atom. The highest BCUT2D eigenvalue weighted by atomic mass is 19.1. The summed E-state index contributed by atoms with van der Waals surface area (Å²) in [6, 6.07) is 1.35. The number of nitrogens with zero attached hydrogens (tertiary/aromatic N) is 1. The Morgan fingerprint density at radius 1 is 1.53 bits per heavy atom. The average Bonchev–Trinajstić information content (AvgIpc) is 2.71. The molecule has 1 fully saturated rings. The van der Waals surface area contributed by atoms with E-state index < -0.39 is 12.1 Å². The monoisotopic (exact) mass is 211 g/mol. The van der Waals surface area contributed by atoms with Crippen molar-refractivity contribution in [1.82, 2.24) is 4.98 Å². The van der Waals surface area contributed by atoms with Crippen LogP contribution in [0.5, 0.6) is 0 Å². The zero-order valence-electron chi connectivity index (χ0n) is 7.98. The summed E-state index contributed by atoms with van der Waals surface area (Å²) in [6.07, 6.45) is 1.90. The van der Waals surface area contributed by atoms with Crippen molar-refractivity contribution < 1.29 is 18.7 Å². The lowest BCUT2D eigenvalue weighted by atomic mass is 10.1. The zero-order valence-corrected chi connectivity index (χ0v) is 7.98. The summed E-state index contributed by atoms with van der Waals surface area (Å²) in [7, 11) is 0. The summed E-state index contributed by atoms with van der Waals surface area (Å²) in [6.45, 7) is 0.966. The van der Waals surface area contributed by atoms with E-state index in [-0.39, 0.29) is 17.8 Å². The molecule has 2 heterocycles. The quantitative estimate of drug-likeness (QED) is 0.704. The van der Waals surface area contributed by atoms with Gasteiger partial charge in [0.2, 0.25) is 0 Å². The minimum Gasteiger partial charge on any atom is -0.350 e. The number of ketones is 1. The molecule has 2 rings (SSSR count). The maximum absolute atomic E-state index is 13.1. The number of hydrogen-bond donors (Lipinski definition) is 0. The highest BCUT2D eigenvalue weighted by Crippen LogP contribution is 2.14. The van der Waals surface area contributed by atoms with Gasteiger partial charge in [-0.05, 0) is 6.07 Å². The highest BCUT2D eigenvalue weighted by molar-refractivity contribution is 5.96. The van der Waals surface area contributed by atoms with E-state index in [4.69, 9.17) is 9.47 Å². The van der Waals surface area contributed by atoms with Gasteiger partial charge in [0.25, 0.3) is 0 Å². The minimum absolute atomic E-state index is 0.0316. The van der Waals surface area contributed by atoms with Crippen LogP contribution in [0.2, 0.25) is 0 Å². The van der Waals surface area contributed by atoms with Crippen molar-refractivity contribution in [3.63, 3.8) is 0 Å². The Hall–Kier alpha value is -1.33. The van der Waals surface area contributed by atoms with Crippen molar-refractivity contribution in [3.05, 3.63) is 29.8 Å². The summed E-state index contributed by atoms with van der Waals surface area (Å²) in [5.74, 6) is -0.942. The van der Waals surface area contributed by atoms with Gasteiger partial charge in [-0.3, -0.25) is 9.78 Å². The SMILES string of the molecule is O=C(CC1OCCO1)c1ccncc1F. The number of pyridine rings is 1. The van der Waals surface area contributed by atoms with E-state index in [1.807, 2.05) is 0 Å². The molecule has 4 nitrogen and oxygen atoms in total. The second-order valence-corrected chi connectivity index (χ2v) is 3.15. The Kier molecular flexibility index (Phi) is 3.03. The fourth-order valence-corrected chi connectivity index (χ4v) is 1.39. The van der Waals surface area contributed by atoms with E-state index >= 15 is 0 Å². The van der Waals surface area contributed by atoms with Crippen LogP contribution in [0, 0.1) is 5.82 Å². The van der Waals surface area contributed by atoms with Crippen molar-refractivity contribution in [2.75, 3.05) is 13.2 Å². The lowest BCUT2D eigenvalue weighted by Gasteiger charge is -2.07. The molecule has 0 radical (unpaired) electrons. The number of halogens is 1. The number of carbonyl (C=O) groups is 1. The third-order valence-electron chi connectivity index (χ3n) is 2.12. The van der Waals surface area contributed by atoms with Crippen molar-refractivity contribution in [3.8, 4) is 0 Å². The minimum atomic E-state index is -0.611. The Balaban J connectivity index is 2.04. The molecule has 0 bridgehead atoms. The van der Waals surface area contributed by atoms with E-state index in [1.165, 1.54) is 12.3 Å². The van der Waals surface area contributed by atoms with Crippen LogP contribution in [0.1, 0.15) is 16.8 Å². The number of rotatable bonds is 3. The van der Waals surface area contributed by atoms with Crippen molar-refractivity contribution in [1.29, 1.82) is 0 Å². The Labute approximate surface area is 86.0 Å². The van der Waals surface area contributed by atoms with E-state index in [0.717, 1.165) is 6.20 Å². The van der Waals surface area contributed by atoms with E-state index in [2.05, 4.69) is 4.98 Å². The standard InChI is InChI=1S/C10H10FNO3/c11-8-6-12-2-1-7(8)9(13)5-10-14-3-4-15-10/h1-2,6,10H,3-5H2. The van der Waals surface area contributed by atoms with E-state index in [0.29, 0.717) is 13.2 Å². The van der Waals surface area contributed by atoms with E-state index in [9.17, 15) is 9.18 Å². The maximum Gasteiger partial charge on any atom is 0.170 e. The van der Waals surface area contributed by atoms with Crippen molar-refractivity contribution in [2.45, 2.75) is 12.7 Å². The number of ether oxygens (including phenoxy) is 2. The van der Waals surface area contributed by atoms with Gasteiger partial charge in [0.1, 0.15) is 0 Å². The summed E-state index contributed by atoms with van der Waals surface area (Å²) in [4.78, 5) is 15.2. The first-order chi connectivity index (χ1) is 7.27. The van der Waals surface area contributed by atoms with Crippen LogP contribution in [-0.2, 0) is 9.47 Å². The molecule has 0 spiro atoms. The molecule has 80 valence electrons. The van der Waals surface area contributed by atoms with Crippen LogP contribution in [0.15, 0.2) is 18.5 Å².